The van der Waals surface area contributed by atoms with Gasteiger partial charge in [-0.3, -0.25) is 4.79 Å². The first kappa shape index (κ1) is 15.3. The molecule has 0 aliphatic carbocycles. The number of aromatic nitrogens is 4. The number of hydrogen-bond acceptors (Lipinski definition) is 6. The molecule has 0 spiro atoms. The summed E-state index contributed by atoms with van der Waals surface area (Å²) in [7, 11) is 0. The molecule has 2 aliphatic heterocycles. The number of hydrogen-bond donors (Lipinski definition) is 2. The van der Waals surface area contributed by atoms with Crippen LogP contribution in [-0.2, 0) is 12.8 Å². The van der Waals surface area contributed by atoms with Gasteiger partial charge in [-0.15, -0.1) is 0 Å². The van der Waals surface area contributed by atoms with Crippen molar-refractivity contribution in [1.29, 1.82) is 0 Å². The molecule has 2 aromatic rings. The summed E-state index contributed by atoms with van der Waals surface area (Å²) >= 11 is 0. The van der Waals surface area contributed by atoms with E-state index in [-0.39, 0.29) is 11.5 Å². The van der Waals surface area contributed by atoms with Gasteiger partial charge in [0.1, 0.15) is 12.1 Å². The van der Waals surface area contributed by atoms with E-state index in [1.807, 2.05) is 0 Å². The second-order valence-electron chi connectivity index (χ2n) is 6.49. The Bertz CT molecular complexity index is 774. The highest BCUT2D eigenvalue weighted by Gasteiger charge is 2.26. The van der Waals surface area contributed by atoms with E-state index in [4.69, 9.17) is 0 Å². The van der Waals surface area contributed by atoms with Crippen molar-refractivity contribution in [3.8, 4) is 0 Å². The summed E-state index contributed by atoms with van der Waals surface area (Å²) in [5.41, 5.74) is 3.24. The van der Waals surface area contributed by atoms with Crippen LogP contribution < -0.4 is 15.8 Å². The molecule has 0 aromatic carbocycles. The summed E-state index contributed by atoms with van der Waals surface area (Å²) in [4.78, 5) is 30.0. The second kappa shape index (κ2) is 6.68. The Morgan fingerprint density at radius 1 is 1.17 bits per heavy atom. The van der Waals surface area contributed by atoms with Crippen LogP contribution in [0.5, 0.6) is 0 Å². The summed E-state index contributed by atoms with van der Waals surface area (Å²) in [5.74, 6) is 1.34. The van der Waals surface area contributed by atoms with Crippen molar-refractivity contribution >= 4 is 5.82 Å². The first-order valence-electron chi connectivity index (χ1n) is 8.64. The number of rotatable bonds is 2. The maximum atomic E-state index is 11.6. The van der Waals surface area contributed by atoms with Crippen molar-refractivity contribution in [1.82, 2.24) is 25.3 Å². The molecule has 1 fully saturated rings. The topological polar surface area (TPSA) is 86.8 Å². The molecule has 0 radical (unpaired) electrons. The maximum Gasteiger partial charge on any atom is 0.250 e. The Labute approximate surface area is 140 Å². The van der Waals surface area contributed by atoms with Crippen LogP contribution in [0.25, 0.3) is 0 Å². The normalized spacial score (nSPS) is 21.2. The van der Waals surface area contributed by atoms with E-state index < -0.39 is 0 Å². The lowest BCUT2D eigenvalue weighted by Gasteiger charge is -2.34. The average molecular weight is 326 g/mol. The minimum absolute atomic E-state index is 0.0842. The molecule has 1 atom stereocenters. The zero-order valence-corrected chi connectivity index (χ0v) is 13.7. The van der Waals surface area contributed by atoms with Gasteiger partial charge in [-0.2, -0.15) is 0 Å². The minimum atomic E-state index is -0.0842. The summed E-state index contributed by atoms with van der Waals surface area (Å²) in [6.45, 7) is 3.80. The highest BCUT2D eigenvalue weighted by Crippen LogP contribution is 2.30. The van der Waals surface area contributed by atoms with Gasteiger partial charge < -0.3 is 15.2 Å². The van der Waals surface area contributed by atoms with Crippen molar-refractivity contribution in [3.05, 3.63) is 46.0 Å². The number of fused-ring (bicyclic) bond motifs is 1. The monoisotopic (exact) mass is 326 g/mol. The molecule has 1 saturated heterocycles. The van der Waals surface area contributed by atoms with E-state index in [1.165, 1.54) is 17.6 Å². The van der Waals surface area contributed by atoms with Crippen LogP contribution in [0.15, 0.2) is 23.5 Å². The molecule has 2 aromatic heterocycles. The third-order valence-corrected chi connectivity index (χ3v) is 4.94. The van der Waals surface area contributed by atoms with Crippen LogP contribution in [0.4, 0.5) is 5.82 Å². The summed E-state index contributed by atoms with van der Waals surface area (Å²) in [6.07, 6.45) is 7.25. The van der Waals surface area contributed by atoms with Crippen molar-refractivity contribution in [3.63, 3.8) is 0 Å². The van der Waals surface area contributed by atoms with Crippen LogP contribution in [-0.4, -0.2) is 46.1 Å². The number of nitrogens with zero attached hydrogens (tertiary/aromatic N) is 4. The minimum Gasteiger partial charge on any atom is -0.356 e. The fraction of sp³-hybridized carbons (Fsp3) is 0.529. The molecule has 7 nitrogen and oxygen atoms in total. The number of H-pyrrole nitrogens is 1. The molecule has 126 valence electrons. The Balaban J connectivity index is 1.62. The summed E-state index contributed by atoms with van der Waals surface area (Å²) in [6, 6.07) is 1.62. The highest BCUT2D eigenvalue weighted by molar-refractivity contribution is 5.50. The van der Waals surface area contributed by atoms with Gasteiger partial charge in [0.05, 0.1) is 17.7 Å². The van der Waals surface area contributed by atoms with Crippen LogP contribution in [0, 0.1) is 0 Å². The summed E-state index contributed by atoms with van der Waals surface area (Å²) < 4.78 is 0. The summed E-state index contributed by atoms with van der Waals surface area (Å²) in [5, 5.41) is 3.43. The predicted octanol–water partition coefficient (Wildman–Crippen LogP) is 0.632. The Morgan fingerprint density at radius 3 is 3.00 bits per heavy atom. The Hall–Kier alpha value is -2.28. The fourth-order valence-electron chi connectivity index (χ4n) is 3.75. The quantitative estimate of drug-likeness (QED) is 0.842. The first-order chi connectivity index (χ1) is 11.8. The number of aromatic amines is 1. The standard InChI is InChI=1S/C17H22N6O/c24-16-8-15(20-10-21-16)12-2-1-7-23(9-12)17-13-3-5-18-6-4-14(13)19-11-22-17/h8,10-12,18H,1-7,9H2,(H,20,21,24)/t12-/m0/s1. The SMILES string of the molecule is O=c1cc([C@H]2CCCN(c3ncnc4c3CCNCC4)C2)nc[nH]1. The molecule has 2 aliphatic rings. The van der Waals surface area contributed by atoms with Crippen LogP contribution in [0.2, 0.25) is 0 Å². The second-order valence-corrected chi connectivity index (χ2v) is 6.49. The molecular weight excluding hydrogens is 304 g/mol. The third-order valence-electron chi connectivity index (χ3n) is 4.94. The molecule has 0 bridgehead atoms. The van der Waals surface area contributed by atoms with Gasteiger partial charge in [-0.25, -0.2) is 15.0 Å². The molecule has 0 unspecified atom stereocenters. The van der Waals surface area contributed by atoms with Crippen molar-refractivity contribution in [2.75, 3.05) is 31.1 Å². The molecule has 4 rings (SSSR count). The lowest BCUT2D eigenvalue weighted by molar-refractivity contribution is 0.496. The van der Waals surface area contributed by atoms with Gasteiger partial charge in [0.25, 0.3) is 5.56 Å². The van der Waals surface area contributed by atoms with Crippen molar-refractivity contribution < 1.29 is 0 Å². The Kier molecular flexibility index (Phi) is 4.25. The largest absolute Gasteiger partial charge is 0.356 e. The van der Waals surface area contributed by atoms with Crippen LogP contribution in [0.3, 0.4) is 0 Å². The molecule has 7 heteroatoms. The van der Waals surface area contributed by atoms with Gasteiger partial charge >= 0.3 is 0 Å². The third kappa shape index (κ3) is 3.03. The smallest absolute Gasteiger partial charge is 0.250 e. The average Bonchev–Trinajstić information content (AvgIpc) is 2.87. The number of nitrogens with one attached hydrogen (secondary N) is 2. The van der Waals surface area contributed by atoms with E-state index in [0.29, 0.717) is 0 Å². The first-order valence-corrected chi connectivity index (χ1v) is 8.64. The zero-order valence-electron chi connectivity index (χ0n) is 13.7. The van der Waals surface area contributed by atoms with E-state index in [9.17, 15) is 4.79 Å². The molecule has 0 amide bonds. The molecular formula is C17H22N6O. The molecule has 4 heterocycles. The Morgan fingerprint density at radius 2 is 2.08 bits per heavy atom. The van der Waals surface area contributed by atoms with Crippen molar-refractivity contribution in [2.45, 2.75) is 31.6 Å². The van der Waals surface area contributed by atoms with Gasteiger partial charge in [0.2, 0.25) is 0 Å². The maximum absolute atomic E-state index is 11.6. The van der Waals surface area contributed by atoms with E-state index in [1.54, 1.807) is 12.4 Å². The molecule has 0 saturated carbocycles. The van der Waals surface area contributed by atoms with E-state index in [2.05, 4.69) is 30.2 Å². The molecule has 24 heavy (non-hydrogen) atoms. The van der Waals surface area contributed by atoms with Gasteiger partial charge in [0.15, 0.2) is 0 Å². The fourth-order valence-corrected chi connectivity index (χ4v) is 3.75. The lowest BCUT2D eigenvalue weighted by Crippen LogP contribution is -2.36. The number of anilines is 1. The highest BCUT2D eigenvalue weighted by atomic mass is 16.1. The van der Waals surface area contributed by atoms with E-state index >= 15 is 0 Å². The zero-order chi connectivity index (χ0) is 16.4. The molecule has 2 N–H and O–H groups in total. The predicted molar refractivity (Wildman–Crippen MR) is 91.4 cm³/mol. The van der Waals surface area contributed by atoms with Crippen LogP contribution >= 0.6 is 0 Å². The van der Waals surface area contributed by atoms with E-state index in [0.717, 1.165) is 63.4 Å². The van der Waals surface area contributed by atoms with Gasteiger partial charge in [-0.1, -0.05) is 0 Å². The number of piperidine rings is 1. The van der Waals surface area contributed by atoms with Gasteiger partial charge in [-0.05, 0) is 25.8 Å². The van der Waals surface area contributed by atoms with Gasteiger partial charge in [0, 0.05) is 43.6 Å². The lowest BCUT2D eigenvalue weighted by atomic mass is 9.94. The van der Waals surface area contributed by atoms with Crippen molar-refractivity contribution in [2.24, 2.45) is 0 Å². The van der Waals surface area contributed by atoms with Crippen LogP contribution in [0.1, 0.15) is 35.7 Å².